The Labute approximate surface area is 225 Å². The molecule has 0 radical (unpaired) electrons. The van der Waals surface area contributed by atoms with Crippen molar-refractivity contribution in [1.29, 1.82) is 0 Å². The number of rotatable bonds is 9. The van der Waals surface area contributed by atoms with Crippen LogP contribution >= 0.6 is 11.6 Å². The Morgan fingerprint density at radius 1 is 0.949 bits per heavy atom. The maximum atomic E-state index is 13.5. The number of hydrogen-bond donors (Lipinski definition) is 1. The number of aromatic amines is 1. The van der Waals surface area contributed by atoms with E-state index in [0.29, 0.717) is 5.56 Å². The number of aromatic nitrogens is 1. The van der Waals surface area contributed by atoms with Crippen LogP contribution in [0.4, 0.5) is 14.5 Å². The van der Waals surface area contributed by atoms with Crippen molar-refractivity contribution in [2.24, 2.45) is 0 Å². The number of nitro benzene ring substituents is 1. The third-order valence-electron chi connectivity index (χ3n) is 5.94. The number of ketones is 1. The van der Waals surface area contributed by atoms with E-state index in [2.05, 4.69) is 4.98 Å². The molecule has 198 valence electrons. The lowest BCUT2D eigenvalue weighted by atomic mass is 9.87. The summed E-state index contributed by atoms with van der Waals surface area (Å²) in [5, 5.41) is 11.9. The lowest BCUT2D eigenvalue weighted by Crippen LogP contribution is -2.28. The predicted octanol–water partition coefficient (Wildman–Crippen LogP) is 5.63. The average molecular weight is 553 g/mol. The summed E-state index contributed by atoms with van der Waals surface area (Å²) in [6, 6.07) is 15.0. The number of esters is 1. The van der Waals surface area contributed by atoms with Gasteiger partial charge < -0.3 is 9.72 Å². The molecule has 0 saturated carbocycles. The Morgan fingerprint density at radius 2 is 1.59 bits per heavy atom. The fourth-order valence-electron chi connectivity index (χ4n) is 4.07. The summed E-state index contributed by atoms with van der Waals surface area (Å²) in [7, 11) is 0. The molecule has 1 atom stereocenters. The number of H-pyrrole nitrogens is 1. The van der Waals surface area contributed by atoms with Crippen LogP contribution in [0.15, 0.2) is 83.8 Å². The van der Waals surface area contributed by atoms with Gasteiger partial charge >= 0.3 is 5.97 Å². The van der Waals surface area contributed by atoms with E-state index in [9.17, 15) is 33.3 Å². The second-order valence-corrected chi connectivity index (χ2v) is 8.91. The normalized spacial score (nSPS) is 11.6. The molecule has 8 nitrogen and oxygen atoms in total. The van der Waals surface area contributed by atoms with Gasteiger partial charge in [-0.15, -0.1) is 0 Å². The minimum absolute atomic E-state index is 0.00658. The van der Waals surface area contributed by atoms with Gasteiger partial charge in [0.1, 0.15) is 11.6 Å². The first-order valence-corrected chi connectivity index (χ1v) is 11.9. The molecule has 1 aromatic heterocycles. The lowest BCUT2D eigenvalue weighted by Gasteiger charge is -2.19. The molecule has 11 heteroatoms. The quantitative estimate of drug-likeness (QED) is 0.124. The van der Waals surface area contributed by atoms with Crippen molar-refractivity contribution in [2.45, 2.75) is 12.3 Å². The molecule has 0 spiro atoms. The molecule has 1 N–H and O–H groups in total. The van der Waals surface area contributed by atoms with Crippen molar-refractivity contribution in [3.8, 4) is 11.1 Å². The Hall–Kier alpha value is -4.70. The Bertz CT molecular complexity index is 1600. The molecule has 1 heterocycles. The van der Waals surface area contributed by atoms with E-state index in [-0.39, 0.29) is 39.4 Å². The number of pyridine rings is 1. The number of nitrogens with one attached hydrogen (secondary N) is 1. The molecule has 1 unspecified atom stereocenters. The van der Waals surface area contributed by atoms with E-state index < -0.39 is 46.4 Å². The molecule has 0 fully saturated rings. The van der Waals surface area contributed by atoms with Gasteiger partial charge in [-0.1, -0.05) is 23.7 Å². The predicted molar refractivity (Wildman–Crippen MR) is 139 cm³/mol. The molecule has 0 amide bonds. The Morgan fingerprint density at radius 3 is 2.23 bits per heavy atom. The molecule has 0 aliphatic rings. The van der Waals surface area contributed by atoms with E-state index in [1.165, 1.54) is 66.9 Å². The highest BCUT2D eigenvalue weighted by molar-refractivity contribution is 6.31. The molecule has 0 saturated heterocycles. The minimum Gasteiger partial charge on any atom is -0.457 e. The van der Waals surface area contributed by atoms with E-state index in [1.54, 1.807) is 0 Å². The van der Waals surface area contributed by atoms with Crippen LogP contribution in [0.5, 0.6) is 0 Å². The van der Waals surface area contributed by atoms with Gasteiger partial charge in [-0.2, -0.15) is 0 Å². The summed E-state index contributed by atoms with van der Waals surface area (Å²) < 4.78 is 32.0. The van der Waals surface area contributed by atoms with E-state index in [0.717, 1.165) is 12.1 Å². The molecule has 0 aliphatic carbocycles. The third kappa shape index (κ3) is 6.42. The van der Waals surface area contributed by atoms with Crippen molar-refractivity contribution in [3.63, 3.8) is 0 Å². The minimum atomic E-state index is -1.35. The van der Waals surface area contributed by atoms with Gasteiger partial charge in [0.2, 0.25) is 0 Å². The van der Waals surface area contributed by atoms with Gasteiger partial charge in [0.05, 0.1) is 16.4 Å². The molecule has 3 aromatic carbocycles. The van der Waals surface area contributed by atoms with Crippen LogP contribution in [-0.2, 0) is 16.0 Å². The van der Waals surface area contributed by atoms with Crippen molar-refractivity contribution in [3.05, 3.63) is 133 Å². The number of carbonyl (C=O) groups is 2. The van der Waals surface area contributed by atoms with Crippen LogP contribution in [-0.4, -0.2) is 28.3 Å². The summed E-state index contributed by atoms with van der Waals surface area (Å²) in [6.07, 6.45) is 1.11. The fraction of sp³-hybridized carbons (Fsp3) is 0.107. The second-order valence-electron chi connectivity index (χ2n) is 8.47. The van der Waals surface area contributed by atoms with Gasteiger partial charge in [-0.05, 0) is 72.1 Å². The number of nitro groups is 1. The van der Waals surface area contributed by atoms with Crippen molar-refractivity contribution >= 4 is 29.0 Å². The molecular weight excluding hydrogens is 534 g/mol. The highest BCUT2D eigenvalue weighted by atomic mass is 35.5. The monoisotopic (exact) mass is 552 g/mol. The van der Waals surface area contributed by atoms with E-state index in [4.69, 9.17) is 16.3 Å². The van der Waals surface area contributed by atoms with Gasteiger partial charge in [0.15, 0.2) is 12.4 Å². The van der Waals surface area contributed by atoms with Gasteiger partial charge in [-0.25, -0.2) is 8.78 Å². The molecule has 0 aliphatic heterocycles. The molecular formula is C28H19ClF2N2O6. The lowest BCUT2D eigenvalue weighted by molar-refractivity contribution is -0.384. The number of hydrogen-bond acceptors (Lipinski definition) is 6. The third-order valence-corrected chi connectivity index (χ3v) is 6.18. The molecule has 0 bridgehead atoms. The fourth-order valence-corrected chi connectivity index (χ4v) is 4.24. The smallest absolute Gasteiger partial charge is 0.314 e. The van der Waals surface area contributed by atoms with Crippen molar-refractivity contribution in [2.75, 3.05) is 6.61 Å². The van der Waals surface area contributed by atoms with Crippen LogP contribution in [0.25, 0.3) is 11.1 Å². The van der Waals surface area contributed by atoms with Crippen molar-refractivity contribution in [1.82, 2.24) is 4.98 Å². The van der Waals surface area contributed by atoms with Gasteiger partial charge in [-0.3, -0.25) is 24.5 Å². The highest BCUT2D eigenvalue weighted by Crippen LogP contribution is 2.37. The number of benzene rings is 3. The van der Waals surface area contributed by atoms with Crippen LogP contribution in [0.3, 0.4) is 0 Å². The molecule has 4 aromatic rings. The zero-order chi connectivity index (χ0) is 28.1. The van der Waals surface area contributed by atoms with Gasteiger partial charge in [0, 0.05) is 28.4 Å². The second kappa shape index (κ2) is 11.8. The summed E-state index contributed by atoms with van der Waals surface area (Å²) in [5.74, 6) is -4.01. The summed E-state index contributed by atoms with van der Waals surface area (Å²) in [5.41, 5.74) is -0.631. The average Bonchev–Trinajstić information content (AvgIpc) is 2.91. The first-order valence-electron chi connectivity index (χ1n) is 11.5. The van der Waals surface area contributed by atoms with Crippen LogP contribution in [0.2, 0.25) is 5.02 Å². The van der Waals surface area contributed by atoms with Crippen molar-refractivity contribution < 1.29 is 28.0 Å². The summed E-state index contributed by atoms with van der Waals surface area (Å²) in [6.45, 7) is -0.707. The number of carbonyl (C=O) groups excluding carboxylic acids is 2. The largest absolute Gasteiger partial charge is 0.457 e. The summed E-state index contributed by atoms with van der Waals surface area (Å²) in [4.78, 5) is 52.6. The molecule has 4 rings (SSSR count). The topological polar surface area (TPSA) is 119 Å². The van der Waals surface area contributed by atoms with E-state index >= 15 is 0 Å². The maximum absolute atomic E-state index is 13.5. The highest BCUT2D eigenvalue weighted by Gasteiger charge is 2.31. The number of ether oxygens (including phenoxy) is 1. The van der Waals surface area contributed by atoms with Crippen LogP contribution in [0.1, 0.15) is 27.4 Å². The van der Waals surface area contributed by atoms with Gasteiger partial charge in [0.25, 0.3) is 11.2 Å². The number of Topliss-reactive ketones (excluding diaryl/α,β-unsaturated/α-hetero) is 1. The first-order chi connectivity index (χ1) is 18.6. The zero-order valence-corrected chi connectivity index (χ0v) is 20.8. The zero-order valence-electron chi connectivity index (χ0n) is 20.0. The summed E-state index contributed by atoms with van der Waals surface area (Å²) >= 11 is 6.11. The Balaban J connectivity index is 1.77. The standard InChI is InChI=1S/C28H19ClF2N2O6/c29-18-5-10-24(33(37)38)22(14-18)21-11-12-32-27(35)26(21)23(13-16-1-6-19(30)7-2-16)28(36)39-15-25(34)17-3-8-20(31)9-4-17/h1-12,14,23H,13,15H2,(H,32,35). The molecule has 39 heavy (non-hydrogen) atoms. The van der Waals surface area contributed by atoms with E-state index in [1.807, 2.05) is 0 Å². The maximum Gasteiger partial charge on any atom is 0.314 e. The van der Waals surface area contributed by atoms with Crippen LogP contribution in [0, 0.1) is 21.7 Å². The SMILES string of the molecule is O=C(COC(=O)C(Cc1ccc(F)cc1)c1c(-c2cc(Cl)ccc2[N+](=O)[O-])cc[nH]c1=O)c1ccc(F)cc1. The first kappa shape index (κ1) is 27.3. The van der Waals surface area contributed by atoms with Crippen LogP contribution < -0.4 is 5.56 Å². The Kier molecular flexibility index (Phi) is 8.26. The number of nitrogens with zero attached hydrogens (tertiary/aromatic N) is 1. The number of halogens is 3.